The summed E-state index contributed by atoms with van der Waals surface area (Å²) in [5.74, 6) is 0.301. The molecule has 5 heteroatoms. The van der Waals surface area contributed by atoms with Gasteiger partial charge in [-0.3, -0.25) is 4.79 Å². The average molecular weight is 215 g/mol. The van der Waals surface area contributed by atoms with Crippen molar-refractivity contribution in [2.75, 3.05) is 11.1 Å². The Kier molecular flexibility index (Phi) is 1.73. The SMILES string of the molecule is Nc1oncc1-c1ccc2c(c1)NC(=O)C2. The van der Waals surface area contributed by atoms with Crippen LogP contribution in [0.2, 0.25) is 0 Å². The maximum absolute atomic E-state index is 11.2. The third-order valence-electron chi connectivity index (χ3n) is 2.64. The molecule has 16 heavy (non-hydrogen) atoms. The van der Waals surface area contributed by atoms with E-state index >= 15 is 0 Å². The van der Waals surface area contributed by atoms with Crippen molar-refractivity contribution in [3.63, 3.8) is 0 Å². The number of rotatable bonds is 1. The molecule has 2 heterocycles. The normalized spacial score (nSPS) is 13.6. The van der Waals surface area contributed by atoms with Crippen LogP contribution in [-0.2, 0) is 11.2 Å². The van der Waals surface area contributed by atoms with Crippen molar-refractivity contribution >= 4 is 17.5 Å². The molecule has 0 unspecified atom stereocenters. The highest BCUT2D eigenvalue weighted by molar-refractivity contribution is 6.00. The van der Waals surface area contributed by atoms with Gasteiger partial charge in [-0.1, -0.05) is 17.3 Å². The Morgan fingerprint density at radius 3 is 3.06 bits per heavy atom. The third-order valence-corrected chi connectivity index (χ3v) is 2.64. The largest absolute Gasteiger partial charge is 0.367 e. The Morgan fingerprint density at radius 1 is 1.44 bits per heavy atom. The molecule has 1 aromatic heterocycles. The Labute approximate surface area is 91.2 Å². The number of carbonyl (C=O) groups excluding carboxylic acids is 1. The van der Waals surface area contributed by atoms with Gasteiger partial charge < -0.3 is 15.6 Å². The molecule has 0 saturated heterocycles. The summed E-state index contributed by atoms with van der Waals surface area (Å²) in [7, 11) is 0. The highest BCUT2D eigenvalue weighted by atomic mass is 16.5. The van der Waals surface area contributed by atoms with Gasteiger partial charge >= 0.3 is 0 Å². The first-order chi connectivity index (χ1) is 7.74. The number of fused-ring (bicyclic) bond motifs is 1. The predicted octanol–water partition coefficient (Wildman–Crippen LogP) is 1.42. The van der Waals surface area contributed by atoms with E-state index in [9.17, 15) is 4.79 Å². The molecule has 2 aromatic rings. The lowest BCUT2D eigenvalue weighted by Gasteiger charge is -2.02. The van der Waals surface area contributed by atoms with E-state index < -0.39 is 0 Å². The number of carbonyl (C=O) groups is 1. The van der Waals surface area contributed by atoms with Crippen LogP contribution in [0.4, 0.5) is 11.6 Å². The summed E-state index contributed by atoms with van der Waals surface area (Å²) in [6.07, 6.45) is 2.00. The monoisotopic (exact) mass is 215 g/mol. The molecular weight excluding hydrogens is 206 g/mol. The molecule has 0 bridgehead atoms. The summed E-state index contributed by atoms with van der Waals surface area (Å²) < 4.78 is 4.80. The zero-order valence-corrected chi connectivity index (χ0v) is 8.36. The number of hydrogen-bond donors (Lipinski definition) is 2. The van der Waals surface area contributed by atoms with Crippen molar-refractivity contribution in [2.45, 2.75) is 6.42 Å². The van der Waals surface area contributed by atoms with Crippen LogP contribution in [0.25, 0.3) is 11.1 Å². The molecule has 0 atom stereocenters. The maximum Gasteiger partial charge on any atom is 0.229 e. The number of nitrogens with zero attached hydrogens (tertiary/aromatic N) is 1. The first-order valence-electron chi connectivity index (χ1n) is 4.87. The Bertz CT molecular complexity index is 574. The molecule has 3 N–H and O–H groups in total. The van der Waals surface area contributed by atoms with Gasteiger partial charge in [-0.05, 0) is 17.2 Å². The van der Waals surface area contributed by atoms with Gasteiger partial charge in [0.1, 0.15) is 0 Å². The number of nitrogens with one attached hydrogen (secondary N) is 1. The van der Waals surface area contributed by atoms with Gasteiger partial charge in [0.15, 0.2) is 0 Å². The van der Waals surface area contributed by atoms with Gasteiger partial charge in [0.05, 0.1) is 18.2 Å². The molecular formula is C11H9N3O2. The van der Waals surface area contributed by atoms with E-state index in [0.29, 0.717) is 6.42 Å². The number of nitrogen functional groups attached to an aromatic ring is 1. The molecule has 1 aliphatic heterocycles. The smallest absolute Gasteiger partial charge is 0.229 e. The predicted molar refractivity (Wildman–Crippen MR) is 58.7 cm³/mol. The van der Waals surface area contributed by atoms with Crippen molar-refractivity contribution < 1.29 is 9.32 Å². The van der Waals surface area contributed by atoms with Crippen LogP contribution in [-0.4, -0.2) is 11.1 Å². The van der Waals surface area contributed by atoms with E-state index in [0.717, 1.165) is 22.4 Å². The quantitative estimate of drug-likeness (QED) is 0.753. The Morgan fingerprint density at radius 2 is 2.31 bits per heavy atom. The Hall–Kier alpha value is -2.30. The van der Waals surface area contributed by atoms with Gasteiger partial charge in [-0.25, -0.2) is 0 Å². The van der Waals surface area contributed by atoms with Gasteiger partial charge in [0, 0.05) is 5.69 Å². The van der Waals surface area contributed by atoms with E-state index in [1.807, 2.05) is 18.2 Å². The number of anilines is 2. The fourth-order valence-electron chi connectivity index (χ4n) is 1.85. The lowest BCUT2D eigenvalue weighted by molar-refractivity contribution is -0.115. The molecule has 3 rings (SSSR count). The van der Waals surface area contributed by atoms with E-state index in [1.54, 1.807) is 6.20 Å². The second-order valence-electron chi connectivity index (χ2n) is 3.70. The van der Waals surface area contributed by atoms with Crippen LogP contribution in [0.1, 0.15) is 5.56 Å². The van der Waals surface area contributed by atoms with Crippen molar-refractivity contribution in [2.24, 2.45) is 0 Å². The molecule has 1 aromatic carbocycles. The zero-order valence-electron chi connectivity index (χ0n) is 8.36. The average Bonchev–Trinajstić information content (AvgIpc) is 2.81. The number of amides is 1. The molecule has 80 valence electrons. The van der Waals surface area contributed by atoms with Crippen LogP contribution in [0.5, 0.6) is 0 Å². The van der Waals surface area contributed by atoms with Gasteiger partial charge in [-0.15, -0.1) is 0 Å². The second-order valence-corrected chi connectivity index (χ2v) is 3.70. The van der Waals surface area contributed by atoms with Gasteiger partial charge in [0.25, 0.3) is 0 Å². The minimum Gasteiger partial charge on any atom is -0.367 e. The summed E-state index contributed by atoms with van der Waals surface area (Å²) in [4.78, 5) is 11.2. The molecule has 1 aliphatic rings. The molecule has 0 aliphatic carbocycles. The molecule has 1 amide bonds. The topological polar surface area (TPSA) is 81.2 Å². The maximum atomic E-state index is 11.2. The minimum atomic E-state index is 0.0189. The second kappa shape index (κ2) is 3.10. The highest BCUT2D eigenvalue weighted by Crippen LogP contribution is 2.31. The van der Waals surface area contributed by atoms with E-state index in [1.165, 1.54) is 0 Å². The first-order valence-corrected chi connectivity index (χ1v) is 4.87. The van der Waals surface area contributed by atoms with Crippen LogP contribution < -0.4 is 11.1 Å². The fraction of sp³-hybridized carbons (Fsp3) is 0.0909. The molecule has 0 radical (unpaired) electrons. The number of benzene rings is 1. The number of nitrogens with two attached hydrogens (primary N) is 1. The number of aromatic nitrogens is 1. The number of hydrogen-bond acceptors (Lipinski definition) is 4. The third kappa shape index (κ3) is 1.25. The zero-order chi connectivity index (χ0) is 11.1. The Balaban J connectivity index is 2.09. The van der Waals surface area contributed by atoms with E-state index in [2.05, 4.69) is 10.5 Å². The minimum absolute atomic E-state index is 0.0189. The lowest BCUT2D eigenvalue weighted by Crippen LogP contribution is -2.03. The molecule has 0 fully saturated rings. The van der Waals surface area contributed by atoms with Crippen LogP contribution in [0, 0.1) is 0 Å². The summed E-state index contributed by atoms with van der Waals surface area (Å²) in [5, 5.41) is 6.41. The summed E-state index contributed by atoms with van der Waals surface area (Å²) in [5.41, 5.74) is 9.10. The van der Waals surface area contributed by atoms with Crippen molar-refractivity contribution in [1.29, 1.82) is 0 Å². The summed E-state index contributed by atoms with van der Waals surface area (Å²) >= 11 is 0. The fourth-order valence-corrected chi connectivity index (χ4v) is 1.85. The van der Waals surface area contributed by atoms with E-state index in [-0.39, 0.29) is 11.8 Å². The summed E-state index contributed by atoms with van der Waals surface area (Å²) in [6.45, 7) is 0. The van der Waals surface area contributed by atoms with Crippen molar-refractivity contribution in [3.8, 4) is 11.1 Å². The summed E-state index contributed by atoms with van der Waals surface area (Å²) in [6, 6.07) is 5.69. The van der Waals surface area contributed by atoms with Gasteiger partial charge in [0.2, 0.25) is 11.8 Å². The van der Waals surface area contributed by atoms with Crippen molar-refractivity contribution in [3.05, 3.63) is 30.0 Å². The standard InChI is InChI=1S/C11H9N3O2/c12-11-8(5-13-16-11)6-1-2-7-4-10(15)14-9(7)3-6/h1-3,5H,4,12H2,(H,14,15). The van der Waals surface area contributed by atoms with Crippen LogP contribution in [0.3, 0.4) is 0 Å². The highest BCUT2D eigenvalue weighted by Gasteiger charge is 2.18. The van der Waals surface area contributed by atoms with Gasteiger partial charge in [-0.2, -0.15) is 0 Å². The molecule has 5 nitrogen and oxygen atoms in total. The van der Waals surface area contributed by atoms with Crippen molar-refractivity contribution in [1.82, 2.24) is 5.16 Å². The molecule has 0 spiro atoms. The lowest BCUT2D eigenvalue weighted by atomic mass is 10.0. The van der Waals surface area contributed by atoms with E-state index in [4.69, 9.17) is 10.3 Å². The van der Waals surface area contributed by atoms with Crippen LogP contribution >= 0.6 is 0 Å². The first kappa shape index (κ1) is 8.96. The van der Waals surface area contributed by atoms with Crippen LogP contribution in [0.15, 0.2) is 28.9 Å². The molecule has 0 saturated carbocycles.